The number of aliphatic hydroxyl groups is 1. The second-order valence-electron chi connectivity index (χ2n) is 5.95. The first-order valence-corrected chi connectivity index (χ1v) is 8.48. The fourth-order valence-corrected chi connectivity index (χ4v) is 2.17. The van der Waals surface area contributed by atoms with E-state index >= 15 is 0 Å². The number of hydrazine groups is 2. The van der Waals surface area contributed by atoms with Gasteiger partial charge in [0, 0.05) is 11.8 Å². The molecule has 0 fully saturated rings. The number of aliphatic hydroxyl groups excluding tert-OH is 1. The largest absolute Gasteiger partial charge is 0.395 e. The van der Waals surface area contributed by atoms with E-state index in [2.05, 4.69) is 22.0 Å². The topological polar surface area (TPSA) is 139 Å². The van der Waals surface area contributed by atoms with Gasteiger partial charge >= 0.3 is 0 Å². The number of allylic oxidation sites excluding steroid dienone is 1. The average molecular weight is 371 g/mol. The quantitative estimate of drug-likeness (QED) is 0.291. The van der Waals surface area contributed by atoms with Crippen molar-refractivity contribution in [3.63, 3.8) is 0 Å². The SMILES string of the molecule is C=CC.Cc1ccc(/C(NN)=C(/N)c2ccnc(N(N)CC(C)O)n2)cc1. The highest BCUT2D eigenvalue weighted by Crippen LogP contribution is 2.20. The molecule has 1 aromatic heterocycles. The van der Waals surface area contributed by atoms with Gasteiger partial charge in [-0.05, 0) is 26.8 Å². The van der Waals surface area contributed by atoms with E-state index in [9.17, 15) is 5.11 Å². The third-order valence-corrected chi connectivity index (χ3v) is 3.39. The first-order chi connectivity index (χ1) is 12.8. The molecule has 0 radical (unpaired) electrons. The van der Waals surface area contributed by atoms with Crippen LogP contribution >= 0.6 is 0 Å². The summed E-state index contributed by atoms with van der Waals surface area (Å²) in [4.78, 5) is 8.43. The molecule has 0 amide bonds. The molecular formula is C19H29N7O. The predicted molar refractivity (Wildman–Crippen MR) is 111 cm³/mol. The van der Waals surface area contributed by atoms with Crippen LogP contribution in [0.4, 0.5) is 5.95 Å². The number of aromatic nitrogens is 2. The lowest BCUT2D eigenvalue weighted by atomic mass is 10.1. The maximum absolute atomic E-state index is 9.42. The molecule has 0 spiro atoms. The summed E-state index contributed by atoms with van der Waals surface area (Å²) in [5.41, 5.74) is 12.2. The molecule has 0 aliphatic rings. The molecule has 1 unspecified atom stereocenters. The van der Waals surface area contributed by atoms with Gasteiger partial charge < -0.3 is 16.3 Å². The number of rotatable bonds is 6. The number of nitrogens with two attached hydrogens (primary N) is 3. The molecule has 0 aliphatic heterocycles. The van der Waals surface area contributed by atoms with Crippen LogP contribution in [0.3, 0.4) is 0 Å². The van der Waals surface area contributed by atoms with Crippen molar-refractivity contribution < 1.29 is 5.11 Å². The van der Waals surface area contributed by atoms with Gasteiger partial charge in [-0.15, -0.1) is 6.58 Å². The molecule has 1 heterocycles. The number of benzene rings is 1. The minimum Gasteiger partial charge on any atom is -0.395 e. The second kappa shape index (κ2) is 10.9. The van der Waals surface area contributed by atoms with Crippen molar-refractivity contribution in [2.24, 2.45) is 17.4 Å². The summed E-state index contributed by atoms with van der Waals surface area (Å²) in [6, 6.07) is 9.44. The fraction of sp³-hybridized carbons (Fsp3) is 0.263. The first-order valence-electron chi connectivity index (χ1n) is 8.48. The van der Waals surface area contributed by atoms with Gasteiger partial charge in [0.2, 0.25) is 5.95 Å². The molecule has 8 heteroatoms. The average Bonchev–Trinajstić information content (AvgIpc) is 2.64. The Morgan fingerprint density at radius 2 is 1.93 bits per heavy atom. The molecule has 8 N–H and O–H groups in total. The molecule has 0 aliphatic carbocycles. The van der Waals surface area contributed by atoms with Crippen LogP contribution in [0.25, 0.3) is 11.4 Å². The molecule has 2 aromatic rings. The molecule has 0 saturated heterocycles. The second-order valence-corrected chi connectivity index (χ2v) is 5.95. The highest BCUT2D eigenvalue weighted by Gasteiger charge is 2.13. The Balaban J connectivity index is 0.00000114. The summed E-state index contributed by atoms with van der Waals surface area (Å²) in [6.07, 6.45) is 2.69. The van der Waals surface area contributed by atoms with Crippen LogP contribution in [0, 0.1) is 6.92 Å². The third kappa shape index (κ3) is 6.70. The van der Waals surface area contributed by atoms with E-state index in [0.717, 1.165) is 11.1 Å². The Morgan fingerprint density at radius 1 is 1.33 bits per heavy atom. The number of hydrogen-bond acceptors (Lipinski definition) is 8. The molecule has 1 aromatic carbocycles. The summed E-state index contributed by atoms with van der Waals surface area (Å²) in [5.74, 6) is 11.8. The van der Waals surface area contributed by atoms with E-state index in [0.29, 0.717) is 17.1 Å². The van der Waals surface area contributed by atoms with Gasteiger partial charge in [0.1, 0.15) is 0 Å². The fourth-order valence-electron chi connectivity index (χ4n) is 2.17. The van der Waals surface area contributed by atoms with Gasteiger partial charge in [-0.1, -0.05) is 35.9 Å². The summed E-state index contributed by atoms with van der Waals surface area (Å²) in [7, 11) is 0. The van der Waals surface area contributed by atoms with E-state index in [4.69, 9.17) is 17.4 Å². The zero-order valence-electron chi connectivity index (χ0n) is 16.1. The predicted octanol–water partition coefficient (Wildman–Crippen LogP) is 1.29. The van der Waals surface area contributed by atoms with Gasteiger partial charge in [-0.2, -0.15) is 0 Å². The highest BCUT2D eigenvalue weighted by atomic mass is 16.3. The molecule has 27 heavy (non-hydrogen) atoms. The van der Waals surface area contributed by atoms with Gasteiger partial charge in [0.05, 0.1) is 29.7 Å². The first kappa shape index (κ1) is 22.1. The minimum atomic E-state index is -0.607. The molecule has 0 bridgehead atoms. The van der Waals surface area contributed by atoms with Crippen molar-refractivity contribution in [3.05, 3.63) is 66.0 Å². The highest BCUT2D eigenvalue weighted by molar-refractivity contribution is 5.87. The van der Waals surface area contributed by atoms with Crippen LogP contribution in [0.5, 0.6) is 0 Å². The number of nitrogens with one attached hydrogen (secondary N) is 1. The third-order valence-electron chi connectivity index (χ3n) is 3.39. The molecule has 146 valence electrons. The summed E-state index contributed by atoms with van der Waals surface area (Å²) in [6.45, 7) is 9.08. The van der Waals surface area contributed by atoms with Crippen LogP contribution in [0.1, 0.15) is 30.7 Å². The summed E-state index contributed by atoms with van der Waals surface area (Å²) in [5, 5.41) is 10.7. The summed E-state index contributed by atoms with van der Waals surface area (Å²) >= 11 is 0. The van der Waals surface area contributed by atoms with Crippen molar-refractivity contribution in [3.8, 4) is 0 Å². The Labute approximate surface area is 160 Å². The van der Waals surface area contributed by atoms with E-state index in [-0.39, 0.29) is 12.5 Å². The maximum Gasteiger partial charge on any atom is 0.240 e. The Morgan fingerprint density at radius 3 is 2.44 bits per heavy atom. The van der Waals surface area contributed by atoms with Crippen LogP contribution in [0.15, 0.2) is 49.2 Å². The van der Waals surface area contributed by atoms with Crippen molar-refractivity contribution in [1.29, 1.82) is 0 Å². The molecule has 2 rings (SSSR count). The Bertz CT molecular complexity index is 757. The van der Waals surface area contributed by atoms with Crippen molar-refractivity contribution in [2.45, 2.75) is 26.9 Å². The summed E-state index contributed by atoms with van der Waals surface area (Å²) < 4.78 is 0. The number of nitrogens with zero attached hydrogens (tertiary/aromatic N) is 3. The molecule has 8 nitrogen and oxygen atoms in total. The molecular weight excluding hydrogens is 342 g/mol. The lowest BCUT2D eigenvalue weighted by Gasteiger charge is -2.19. The maximum atomic E-state index is 9.42. The zero-order chi connectivity index (χ0) is 20.4. The number of anilines is 1. The Hall–Kier alpha value is -2.94. The van der Waals surface area contributed by atoms with Crippen LogP contribution in [-0.4, -0.2) is 27.7 Å². The molecule has 0 saturated carbocycles. The number of hydrogen-bond donors (Lipinski definition) is 5. The minimum absolute atomic E-state index is 0.201. The van der Waals surface area contributed by atoms with Gasteiger partial charge in [-0.25, -0.2) is 15.8 Å². The number of aryl methyl sites for hydroxylation is 1. The smallest absolute Gasteiger partial charge is 0.240 e. The van der Waals surface area contributed by atoms with Gasteiger partial charge in [0.25, 0.3) is 0 Å². The van der Waals surface area contributed by atoms with Crippen molar-refractivity contribution in [1.82, 2.24) is 15.4 Å². The van der Waals surface area contributed by atoms with Crippen LogP contribution in [-0.2, 0) is 0 Å². The zero-order valence-corrected chi connectivity index (χ0v) is 16.1. The lowest BCUT2D eigenvalue weighted by molar-refractivity contribution is 0.199. The van der Waals surface area contributed by atoms with E-state index in [1.54, 1.807) is 25.3 Å². The standard InChI is InChI=1S/C16H23N7O.C3H6/c1-10-3-5-12(6-4-10)15(22-18)14(17)13-7-8-20-16(21-13)23(19)9-11(2)24;1-3-2/h3-8,11,22,24H,9,17-19H2,1-2H3;3H,1H2,2H3/b15-14-;. The Kier molecular flexibility index (Phi) is 8.94. The molecule has 1 atom stereocenters. The van der Waals surface area contributed by atoms with Crippen molar-refractivity contribution >= 4 is 17.3 Å². The van der Waals surface area contributed by atoms with Crippen LogP contribution in [0.2, 0.25) is 0 Å². The lowest BCUT2D eigenvalue weighted by Crippen LogP contribution is -2.38. The van der Waals surface area contributed by atoms with Crippen LogP contribution < -0.4 is 27.9 Å². The normalized spacial score (nSPS) is 12.2. The van der Waals surface area contributed by atoms with Gasteiger partial charge in [0.15, 0.2) is 0 Å². The monoisotopic (exact) mass is 371 g/mol. The van der Waals surface area contributed by atoms with E-state index in [1.165, 1.54) is 5.01 Å². The van der Waals surface area contributed by atoms with E-state index in [1.807, 2.05) is 38.1 Å². The van der Waals surface area contributed by atoms with Gasteiger partial charge in [-0.3, -0.25) is 10.9 Å². The van der Waals surface area contributed by atoms with E-state index < -0.39 is 6.10 Å². The van der Waals surface area contributed by atoms with Crippen molar-refractivity contribution in [2.75, 3.05) is 11.6 Å².